The number of hydrogen-bond acceptors (Lipinski definition) is 3. The smallest absolute Gasteiger partial charge is 0.162 e. The number of aromatic hydroxyl groups is 1. The van der Waals surface area contributed by atoms with Gasteiger partial charge in [-0.15, -0.1) is 0 Å². The van der Waals surface area contributed by atoms with E-state index in [4.69, 9.17) is 4.74 Å². The molecule has 3 nitrogen and oxygen atoms in total. The first kappa shape index (κ1) is 13.7. The molecule has 0 bridgehead atoms. The van der Waals surface area contributed by atoms with Crippen LogP contribution in [-0.2, 0) is 6.54 Å². The molecule has 2 N–H and O–H groups in total. The maximum Gasteiger partial charge on any atom is 0.162 e. The quantitative estimate of drug-likeness (QED) is 0.764. The predicted octanol–water partition coefficient (Wildman–Crippen LogP) is 3.32. The number of rotatable bonds is 8. The molecular formula is C17H25NO2. The molecule has 3 heteroatoms. The highest BCUT2D eigenvalue weighted by Crippen LogP contribution is 2.48. The van der Waals surface area contributed by atoms with E-state index in [2.05, 4.69) is 5.32 Å². The summed E-state index contributed by atoms with van der Waals surface area (Å²) in [6.45, 7) is 4.33. The standard InChI is InChI=1S/C17H25NO2/c1-2-20-16-5-3-4-14(17(16)19)10-18-11-15(12-6-7-12)13-8-9-13/h3-5,12-13,15,18-19H,2,6-11H2,1H3. The third-order valence-corrected chi connectivity index (χ3v) is 4.53. The number of benzene rings is 1. The minimum atomic E-state index is 0.288. The van der Waals surface area contributed by atoms with Gasteiger partial charge in [0.1, 0.15) is 0 Å². The average Bonchev–Trinajstić information content (AvgIpc) is 3.32. The van der Waals surface area contributed by atoms with E-state index in [1.807, 2.05) is 25.1 Å². The second-order valence-electron chi connectivity index (χ2n) is 6.17. The van der Waals surface area contributed by atoms with Crippen LogP contribution in [0.4, 0.5) is 0 Å². The second-order valence-corrected chi connectivity index (χ2v) is 6.17. The number of nitrogens with one attached hydrogen (secondary N) is 1. The van der Waals surface area contributed by atoms with Gasteiger partial charge in [0.05, 0.1) is 6.61 Å². The van der Waals surface area contributed by atoms with Crippen LogP contribution in [0.5, 0.6) is 11.5 Å². The van der Waals surface area contributed by atoms with Gasteiger partial charge >= 0.3 is 0 Å². The largest absolute Gasteiger partial charge is 0.504 e. The van der Waals surface area contributed by atoms with E-state index in [1.165, 1.54) is 25.7 Å². The lowest BCUT2D eigenvalue weighted by Crippen LogP contribution is -2.25. The second kappa shape index (κ2) is 6.04. The summed E-state index contributed by atoms with van der Waals surface area (Å²) >= 11 is 0. The van der Waals surface area contributed by atoms with Crippen LogP contribution in [0.3, 0.4) is 0 Å². The zero-order valence-electron chi connectivity index (χ0n) is 12.3. The Morgan fingerprint density at radius 3 is 2.55 bits per heavy atom. The summed E-state index contributed by atoms with van der Waals surface area (Å²) in [6.07, 6.45) is 5.70. The van der Waals surface area contributed by atoms with Crippen LogP contribution in [0.25, 0.3) is 0 Å². The lowest BCUT2D eigenvalue weighted by molar-refractivity contribution is 0.315. The molecule has 0 amide bonds. The van der Waals surface area contributed by atoms with E-state index in [9.17, 15) is 5.11 Å². The van der Waals surface area contributed by atoms with Crippen LogP contribution in [0.2, 0.25) is 0 Å². The van der Waals surface area contributed by atoms with Crippen LogP contribution in [0.15, 0.2) is 18.2 Å². The Morgan fingerprint density at radius 2 is 1.95 bits per heavy atom. The maximum absolute atomic E-state index is 10.2. The highest BCUT2D eigenvalue weighted by molar-refractivity contribution is 5.45. The molecular weight excluding hydrogens is 250 g/mol. The molecule has 110 valence electrons. The number of hydrogen-bond donors (Lipinski definition) is 2. The van der Waals surface area contributed by atoms with Crippen molar-refractivity contribution in [3.8, 4) is 11.5 Å². The van der Waals surface area contributed by atoms with Crippen molar-refractivity contribution in [2.75, 3.05) is 13.2 Å². The van der Waals surface area contributed by atoms with Gasteiger partial charge in [0.2, 0.25) is 0 Å². The van der Waals surface area contributed by atoms with Gasteiger partial charge in [-0.1, -0.05) is 12.1 Å². The van der Waals surface area contributed by atoms with Crippen molar-refractivity contribution >= 4 is 0 Å². The van der Waals surface area contributed by atoms with Crippen molar-refractivity contribution in [2.45, 2.75) is 39.2 Å². The highest BCUT2D eigenvalue weighted by Gasteiger charge is 2.40. The molecule has 0 spiro atoms. The lowest BCUT2D eigenvalue weighted by Gasteiger charge is -2.17. The summed E-state index contributed by atoms with van der Waals surface area (Å²) in [7, 11) is 0. The van der Waals surface area contributed by atoms with E-state index >= 15 is 0 Å². The Hall–Kier alpha value is -1.22. The molecule has 20 heavy (non-hydrogen) atoms. The third kappa shape index (κ3) is 3.26. The number of phenols is 1. The van der Waals surface area contributed by atoms with Gasteiger partial charge in [-0.25, -0.2) is 0 Å². The summed E-state index contributed by atoms with van der Waals surface area (Å²) < 4.78 is 5.42. The SMILES string of the molecule is CCOc1cccc(CNCC(C2CC2)C2CC2)c1O. The van der Waals surface area contributed by atoms with Crippen molar-refractivity contribution in [3.05, 3.63) is 23.8 Å². The summed E-state index contributed by atoms with van der Waals surface area (Å²) in [5, 5.41) is 13.7. The predicted molar refractivity (Wildman–Crippen MR) is 79.9 cm³/mol. The molecule has 2 fully saturated rings. The molecule has 0 aromatic heterocycles. The topological polar surface area (TPSA) is 41.5 Å². The van der Waals surface area contributed by atoms with Gasteiger partial charge in [-0.2, -0.15) is 0 Å². The first-order chi connectivity index (χ1) is 9.79. The van der Waals surface area contributed by atoms with Crippen molar-refractivity contribution in [2.24, 2.45) is 17.8 Å². The third-order valence-electron chi connectivity index (χ3n) is 4.53. The monoisotopic (exact) mass is 275 g/mol. The zero-order valence-corrected chi connectivity index (χ0v) is 12.3. The molecule has 2 aliphatic carbocycles. The summed E-state index contributed by atoms with van der Waals surface area (Å²) in [6, 6.07) is 5.73. The van der Waals surface area contributed by atoms with Crippen LogP contribution in [-0.4, -0.2) is 18.3 Å². The fraction of sp³-hybridized carbons (Fsp3) is 0.647. The number of ether oxygens (including phenoxy) is 1. The van der Waals surface area contributed by atoms with Crippen molar-refractivity contribution < 1.29 is 9.84 Å². The molecule has 2 saturated carbocycles. The summed E-state index contributed by atoms with van der Waals surface area (Å²) in [5.74, 6) is 3.69. The normalized spacial score (nSPS) is 18.5. The van der Waals surface area contributed by atoms with E-state index in [0.29, 0.717) is 12.4 Å². The molecule has 0 heterocycles. The Labute approximate surface area is 121 Å². The fourth-order valence-electron chi connectivity index (χ4n) is 3.12. The molecule has 0 atom stereocenters. The van der Waals surface area contributed by atoms with Gasteiger partial charge in [-0.05, 0) is 63.0 Å². The fourth-order valence-corrected chi connectivity index (χ4v) is 3.12. The lowest BCUT2D eigenvalue weighted by atomic mass is 9.98. The van der Waals surface area contributed by atoms with E-state index in [1.54, 1.807) is 0 Å². The van der Waals surface area contributed by atoms with Crippen molar-refractivity contribution in [3.63, 3.8) is 0 Å². The Balaban J connectivity index is 1.53. The van der Waals surface area contributed by atoms with E-state index in [0.717, 1.165) is 36.4 Å². The van der Waals surface area contributed by atoms with Gasteiger partial charge in [-0.3, -0.25) is 0 Å². The van der Waals surface area contributed by atoms with Crippen LogP contribution in [0, 0.1) is 17.8 Å². The van der Waals surface area contributed by atoms with Gasteiger partial charge < -0.3 is 15.2 Å². The van der Waals surface area contributed by atoms with Crippen molar-refractivity contribution in [1.29, 1.82) is 0 Å². The van der Waals surface area contributed by atoms with Crippen molar-refractivity contribution in [1.82, 2.24) is 5.32 Å². The molecule has 0 radical (unpaired) electrons. The van der Waals surface area contributed by atoms with E-state index in [-0.39, 0.29) is 5.75 Å². The van der Waals surface area contributed by atoms with Crippen LogP contribution >= 0.6 is 0 Å². The molecule has 1 aromatic rings. The first-order valence-corrected chi connectivity index (χ1v) is 7.94. The maximum atomic E-state index is 10.2. The number of para-hydroxylation sites is 1. The summed E-state index contributed by atoms with van der Waals surface area (Å²) in [4.78, 5) is 0. The summed E-state index contributed by atoms with van der Waals surface area (Å²) in [5.41, 5.74) is 0.932. The Morgan fingerprint density at radius 1 is 1.25 bits per heavy atom. The minimum Gasteiger partial charge on any atom is -0.504 e. The van der Waals surface area contributed by atoms with E-state index < -0.39 is 0 Å². The molecule has 2 aliphatic rings. The van der Waals surface area contributed by atoms with Crippen LogP contribution < -0.4 is 10.1 Å². The average molecular weight is 275 g/mol. The number of phenolic OH excluding ortho intramolecular Hbond substituents is 1. The zero-order chi connectivity index (χ0) is 13.9. The van der Waals surface area contributed by atoms with Gasteiger partial charge in [0.15, 0.2) is 11.5 Å². The molecule has 1 aromatic carbocycles. The molecule has 0 saturated heterocycles. The first-order valence-electron chi connectivity index (χ1n) is 7.94. The van der Waals surface area contributed by atoms with Gasteiger partial charge in [0.25, 0.3) is 0 Å². The molecule has 3 rings (SSSR count). The Kier molecular flexibility index (Phi) is 4.16. The molecule has 0 unspecified atom stereocenters. The van der Waals surface area contributed by atoms with Gasteiger partial charge in [0, 0.05) is 12.1 Å². The van der Waals surface area contributed by atoms with Crippen LogP contribution in [0.1, 0.15) is 38.2 Å². The molecule has 0 aliphatic heterocycles. The highest BCUT2D eigenvalue weighted by atomic mass is 16.5. The Bertz CT molecular complexity index is 440. The minimum absolute atomic E-state index is 0.288.